The van der Waals surface area contributed by atoms with Crippen LogP contribution in [-0.2, 0) is 0 Å². The Balaban J connectivity index is 1.74. The summed E-state index contributed by atoms with van der Waals surface area (Å²) in [6.45, 7) is 4.35. The molecule has 0 radical (unpaired) electrons. The van der Waals surface area contributed by atoms with Crippen molar-refractivity contribution in [3.8, 4) is 11.1 Å². The molecule has 3 heterocycles. The predicted octanol–water partition coefficient (Wildman–Crippen LogP) is 4.24. The number of primary amides is 1. The number of piperidine rings is 1. The number of hydrogen-bond donors (Lipinski definition) is 2. The summed E-state index contributed by atoms with van der Waals surface area (Å²) in [5.74, 6) is 1.12. The number of H-pyrrole nitrogens is 1. The van der Waals surface area contributed by atoms with Crippen LogP contribution in [0.3, 0.4) is 0 Å². The molecule has 1 fully saturated rings. The zero-order valence-corrected chi connectivity index (χ0v) is 16.3. The molecule has 7 heteroatoms. The first-order valence-corrected chi connectivity index (χ1v) is 10.8. The third kappa shape index (κ3) is 3.26. The smallest absolute Gasteiger partial charge is 0.251 e. The minimum absolute atomic E-state index is 0.431. The molecule has 0 unspecified atom stereocenters. The maximum Gasteiger partial charge on any atom is 0.251 e. The summed E-state index contributed by atoms with van der Waals surface area (Å²) in [5.41, 5.74) is 10.1. The molecule has 26 heavy (non-hydrogen) atoms. The topological polar surface area (TPSA) is 75.0 Å². The summed E-state index contributed by atoms with van der Waals surface area (Å²) in [4.78, 5) is 12.0. The van der Waals surface area contributed by atoms with Gasteiger partial charge in [0.15, 0.2) is 0 Å². The van der Waals surface area contributed by atoms with Crippen molar-refractivity contribution in [3.05, 3.63) is 40.2 Å². The normalized spacial score (nSPS) is 16.3. The van der Waals surface area contributed by atoms with E-state index in [0.29, 0.717) is 17.0 Å². The molecule has 1 saturated heterocycles. The maximum absolute atomic E-state index is 12.0. The van der Waals surface area contributed by atoms with Crippen LogP contribution in [0.1, 0.15) is 41.7 Å². The molecular formula is C19H22N4OS2. The average Bonchev–Trinajstić information content (AvgIpc) is 3.31. The number of rotatable bonds is 5. The van der Waals surface area contributed by atoms with Gasteiger partial charge in [0.05, 0.1) is 5.56 Å². The fourth-order valence-corrected chi connectivity index (χ4v) is 5.19. The zero-order chi connectivity index (χ0) is 18.1. The maximum atomic E-state index is 12.0. The van der Waals surface area contributed by atoms with Gasteiger partial charge in [-0.2, -0.15) is 16.4 Å². The van der Waals surface area contributed by atoms with Crippen LogP contribution in [-0.4, -0.2) is 39.3 Å². The number of benzene rings is 1. The highest BCUT2D eigenvalue weighted by molar-refractivity contribution is 7.96. The molecule has 4 rings (SSSR count). The number of aromatic nitrogens is 2. The molecule has 0 spiro atoms. The highest BCUT2D eigenvalue weighted by Crippen LogP contribution is 2.36. The predicted molar refractivity (Wildman–Crippen MR) is 110 cm³/mol. The summed E-state index contributed by atoms with van der Waals surface area (Å²) in [6, 6.07) is 6.07. The first-order chi connectivity index (χ1) is 12.7. The first kappa shape index (κ1) is 17.6. The Morgan fingerprint density at radius 3 is 2.85 bits per heavy atom. The molecule has 1 aliphatic heterocycles. The monoisotopic (exact) mass is 386 g/mol. The lowest BCUT2D eigenvalue weighted by atomic mass is 9.91. The van der Waals surface area contributed by atoms with Gasteiger partial charge < -0.3 is 5.73 Å². The quantitative estimate of drug-likeness (QED) is 0.643. The molecule has 1 aliphatic rings. The Kier molecular flexibility index (Phi) is 5.02. The van der Waals surface area contributed by atoms with E-state index in [-0.39, 0.29) is 0 Å². The van der Waals surface area contributed by atoms with Crippen molar-refractivity contribution in [1.82, 2.24) is 14.5 Å². The van der Waals surface area contributed by atoms with E-state index in [1.165, 1.54) is 0 Å². The number of nitrogens with one attached hydrogen (secondary N) is 1. The summed E-state index contributed by atoms with van der Waals surface area (Å²) >= 11 is 3.56. The number of nitrogens with two attached hydrogens (primary N) is 1. The third-order valence-electron chi connectivity index (χ3n) is 4.98. The van der Waals surface area contributed by atoms with Gasteiger partial charge in [-0.1, -0.05) is 18.9 Å². The van der Waals surface area contributed by atoms with E-state index >= 15 is 0 Å². The Bertz CT molecular complexity index is 911. The van der Waals surface area contributed by atoms with Gasteiger partial charge in [0.2, 0.25) is 0 Å². The minimum Gasteiger partial charge on any atom is -0.366 e. The highest BCUT2D eigenvalue weighted by atomic mass is 32.2. The Hall–Kier alpha value is -1.83. The van der Waals surface area contributed by atoms with Gasteiger partial charge in [-0.15, -0.1) is 0 Å². The molecule has 3 aromatic rings. The van der Waals surface area contributed by atoms with Gasteiger partial charge in [0.1, 0.15) is 5.52 Å². The van der Waals surface area contributed by atoms with E-state index < -0.39 is 5.91 Å². The fraction of sp³-hybridized carbons (Fsp3) is 0.368. The minimum atomic E-state index is -0.431. The van der Waals surface area contributed by atoms with Gasteiger partial charge in [0, 0.05) is 35.8 Å². The Morgan fingerprint density at radius 1 is 1.38 bits per heavy atom. The molecular weight excluding hydrogens is 364 g/mol. The van der Waals surface area contributed by atoms with E-state index in [9.17, 15) is 4.79 Å². The largest absolute Gasteiger partial charge is 0.366 e. The van der Waals surface area contributed by atoms with E-state index in [1.54, 1.807) is 11.3 Å². The van der Waals surface area contributed by atoms with Crippen molar-refractivity contribution in [2.24, 2.45) is 5.73 Å². The number of fused-ring (bicyclic) bond motifs is 1. The number of thiophene rings is 1. The van der Waals surface area contributed by atoms with Crippen molar-refractivity contribution >= 4 is 40.1 Å². The third-order valence-corrected chi connectivity index (χ3v) is 6.65. The van der Waals surface area contributed by atoms with Crippen molar-refractivity contribution < 1.29 is 4.79 Å². The lowest BCUT2D eigenvalue weighted by molar-refractivity contribution is 0.100. The van der Waals surface area contributed by atoms with Crippen molar-refractivity contribution in [1.29, 1.82) is 0 Å². The van der Waals surface area contributed by atoms with Crippen LogP contribution in [0, 0.1) is 0 Å². The molecule has 0 aliphatic carbocycles. The van der Waals surface area contributed by atoms with Crippen LogP contribution in [0.5, 0.6) is 0 Å². The molecule has 1 amide bonds. The van der Waals surface area contributed by atoms with Crippen LogP contribution in [0.25, 0.3) is 22.0 Å². The Labute approximate surface area is 161 Å². The van der Waals surface area contributed by atoms with Crippen LogP contribution in [0.2, 0.25) is 0 Å². The lowest BCUT2D eigenvalue weighted by Gasteiger charge is -2.30. The SMILES string of the molecule is CCSN1CCC(c2[nH]nc3c(C(N)=O)cc(-c4ccsc4)cc23)CC1. The van der Waals surface area contributed by atoms with Crippen LogP contribution in [0.15, 0.2) is 29.0 Å². The van der Waals surface area contributed by atoms with Crippen molar-refractivity contribution in [3.63, 3.8) is 0 Å². The number of carbonyl (C=O) groups is 1. The first-order valence-electron chi connectivity index (χ1n) is 8.89. The number of aromatic amines is 1. The molecule has 5 nitrogen and oxygen atoms in total. The summed E-state index contributed by atoms with van der Waals surface area (Å²) in [5, 5.41) is 12.8. The van der Waals surface area contributed by atoms with Crippen molar-refractivity contribution in [2.45, 2.75) is 25.7 Å². The lowest BCUT2D eigenvalue weighted by Crippen LogP contribution is -2.28. The van der Waals surface area contributed by atoms with Gasteiger partial charge in [-0.25, -0.2) is 0 Å². The van der Waals surface area contributed by atoms with E-state index in [4.69, 9.17) is 5.73 Å². The molecule has 0 bridgehead atoms. The van der Waals surface area contributed by atoms with Gasteiger partial charge >= 0.3 is 0 Å². The van der Waals surface area contributed by atoms with Crippen LogP contribution >= 0.6 is 23.3 Å². The number of nitrogens with zero attached hydrogens (tertiary/aromatic N) is 2. The van der Waals surface area contributed by atoms with Crippen molar-refractivity contribution in [2.75, 3.05) is 18.8 Å². The number of hydrogen-bond acceptors (Lipinski definition) is 5. The van der Waals surface area contributed by atoms with Gasteiger partial charge in [-0.05, 0) is 52.9 Å². The van der Waals surface area contributed by atoms with Gasteiger partial charge in [0.25, 0.3) is 5.91 Å². The molecule has 136 valence electrons. The van der Waals surface area contributed by atoms with Gasteiger partial charge in [-0.3, -0.25) is 14.2 Å². The number of carbonyl (C=O) groups excluding carboxylic acids is 1. The van der Waals surface area contributed by atoms with E-state index in [0.717, 1.165) is 53.9 Å². The van der Waals surface area contributed by atoms with Crippen LogP contribution in [0.4, 0.5) is 0 Å². The standard InChI is InChI=1S/C19H22N4OS2/c1-2-26-23-6-3-12(4-7-23)17-15-9-14(13-5-8-25-11-13)10-16(19(20)24)18(15)22-21-17/h5,8-12H,2-4,6-7H2,1H3,(H2,20,24)(H,21,22). The number of amides is 1. The average molecular weight is 387 g/mol. The molecule has 0 atom stereocenters. The molecule has 3 N–H and O–H groups in total. The second-order valence-electron chi connectivity index (χ2n) is 6.55. The van der Waals surface area contributed by atoms with E-state index in [2.05, 4.69) is 38.9 Å². The van der Waals surface area contributed by atoms with Crippen LogP contribution < -0.4 is 5.73 Å². The highest BCUT2D eigenvalue weighted by Gasteiger charge is 2.25. The molecule has 2 aromatic heterocycles. The second-order valence-corrected chi connectivity index (χ2v) is 8.69. The van der Waals surface area contributed by atoms with E-state index in [1.807, 2.05) is 23.4 Å². The summed E-state index contributed by atoms with van der Waals surface area (Å²) in [7, 11) is 0. The fourth-order valence-electron chi connectivity index (χ4n) is 3.69. The Morgan fingerprint density at radius 2 is 2.19 bits per heavy atom. The molecule has 1 aromatic carbocycles. The molecule has 0 saturated carbocycles. The second kappa shape index (κ2) is 7.42. The summed E-state index contributed by atoms with van der Waals surface area (Å²) in [6.07, 6.45) is 2.19. The zero-order valence-electron chi connectivity index (χ0n) is 14.7. The summed E-state index contributed by atoms with van der Waals surface area (Å²) < 4.78 is 2.45.